The summed E-state index contributed by atoms with van der Waals surface area (Å²) < 4.78 is 0. The van der Waals surface area contributed by atoms with Crippen molar-refractivity contribution in [1.29, 1.82) is 0 Å². The van der Waals surface area contributed by atoms with E-state index in [1.807, 2.05) is 6.08 Å². The summed E-state index contributed by atoms with van der Waals surface area (Å²) in [6, 6.07) is 0. The van der Waals surface area contributed by atoms with Crippen LogP contribution in [0.15, 0.2) is 23.8 Å². The maximum absolute atomic E-state index is 10.4. The Morgan fingerprint density at radius 2 is 1.67 bits per heavy atom. The molecule has 0 aliphatic heterocycles. The van der Waals surface area contributed by atoms with Gasteiger partial charge in [-0.3, -0.25) is 0 Å². The Balaban J connectivity index is 0.000000553. The Morgan fingerprint density at radius 1 is 0.967 bits per heavy atom. The summed E-state index contributed by atoms with van der Waals surface area (Å²) >= 11 is 0. The van der Waals surface area contributed by atoms with Crippen molar-refractivity contribution in [3.63, 3.8) is 0 Å². The van der Waals surface area contributed by atoms with Gasteiger partial charge in [0.25, 0.3) is 0 Å². The predicted molar refractivity (Wildman–Crippen MR) is 131 cm³/mol. The van der Waals surface area contributed by atoms with Gasteiger partial charge >= 0.3 is 0 Å². The SMILES string of the molecule is CCCCC=C1C[C@H]2C[C@@H](O)[C@H](C=C[C@@H](O)CCCCC)[C@H]2C1.CCCNCCC. The molecule has 3 heteroatoms. The molecule has 5 atom stereocenters. The Labute approximate surface area is 187 Å². The summed E-state index contributed by atoms with van der Waals surface area (Å²) in [6.45, 7) is 11.1. The predicted octanol–water partition coefficient (Wildman–Crippen LogP) is 6.40. The lowest BCUT2D eigenvalue weighted by Gasteiger charge is -2.17. The molecule has 2 aliphatic rings. The highest BCUT2D eigenvalue weighted by Gasteiger charge is 2.44. The fourth-order valence-corrected chi connectivity index (χ4v) is 4.88. The van der Waals surface area contributed by atoms with Crippen LogP contribution in [0, 0.1) is 17.8 Å². The lowest BCUT2D eigenvalue weighted by atomic mass is 9.90. The van der Waals surface area contributed by atoms with Gasteiger partial charge in [-0.15, -0.1) is 0 Å². The normalized spacial score (nSPS) is 28.0. The molecule has 3 N–H and O–H groups in total. The van der Waals surface area contributed by atoms with Gasteiger partial charge in [0.05, 0.1) is 12.2 Å². The second-order valence-corrected chi connectivity index (χ2v) is 9.42. The molecular weight excluding hydrogens is 370 g/mol. The number of fused-ring (bicyclic) bond motifs is 1. The van der Waals surface area contributed by atoms with Crippen LogP contribution >= 0.6 is 0 Å². The van der Waals surface area contributed by atoms with Crippen molar-refractivity contribution >= 4 is 0 Å². The minimum absolute atomic E-state index is 0.207. The van der Waals surface area contributed by atoms with Gasteiger partial charge < -0.3 is 15.5 Å². The van der Waals surface area contributed by atoms with Crippen LogP contribution in [0.1, 0.15) is 105 Å². The van der Waals surface area contributed by atoms with Crippen LogP contribution in [0.4, 0.5) is 0 Å². The average molecular weight is 422 g/mol. The monoisotopic (exact) mass is 421 g/mol. The molecule has 0 heterocycles. The van der Waals surface area contributed by atoms with E-state index in [2.05, 4.69) is 45.2 Å². The molecule has 0 aromatic rings. The number of rotatable bonds is 13. The third-order valence-electron chi connectivity index (χ3n) is 6.61. The maximum Gasteiger partial charge on any atom is 0.0721 e. The van der Waals surface area contributed by atoms with Crippen molar-refractivity contribution in [3.05, 3.63) is 23.8 Å². The second-order valence-electron chi connectivity index (χ2n) is 9.42. The quantitative estimate of drug-likeness (QED) is 0.238. The number of aliphatic hydroxyl groups excluding tert-OH is 2. The first-order chi connectivity index (χ1) is 14.6. The van der Waals surface area contributed by atoms with Gasteiger partial charge in [0.2, 0.25) is 0 Å². The Bertz CT molecular complexity index is 469. The molecular formula is C27H51NO2. The fourth-order valence-electron chi connectivity index (χ4n) is 4.88. The highest BCUT2D eigenvalue weighted by Crippen LogP contribution is 2.50. The van der Waals surface area contributed by atoms with Crippen molar-refractivity contribution in [3.8, 4) is 0 Å². The van der Waals surface area contributed by atoms with E-state index < -0.39 is 0 Å². The van der Waals surface area contributed by atoms with E-state index >= 15 is 0 Å². The lowest BCUT2D eigenvalue weighted by molar-refractivity contribution is 0.139. The average Bonchev–Trinajstić information content (AvgIpc) is 3.24. The van der Waals surface area contributed by atoms with Crippen LogP contribution in [-0.4, -0.2) is 35.5 Å². The van der Waals surface area contributed by atoms with Crippen LogP contribution in [-0.2, 0) is 0 Å². The van der Waals surface area contributed by atoms with Crippen molar-refractivity contribution in [2.75, 3.05) is 13.1 Å². The van der Waals surface area contributed by atoms with Crippen LogP contribution in [0.2, 0.25) is 0 Å². The molecule has 0 unspecified atom stereocenters. The molecule has 176 valence electrons. The molecule has 2 rings (SSSR count). The van der Waals surface area contributed by atoms with Gasteiger partial charge in [0.15, 0.2) is 0 Å². The smallest absolute Gasteiger partial charge is 0.0721 e. The summed E-state index contributed by atoms with van der Waals surface area (Å²) in [5.41, 5.74) is 1.61. The molecule has 2 aliphatic carbocycles. The molecule has 0 bridgehead atoms. The molecule has 0 spiro atoms. The van der Waals surface area contributed by atoms with Gasteiger partial charge in [-0.2, -0.15) is 0 Å². The van der Waals surface area contributed by atoms with Gasteiger partial charge in [-0.25, -0.2) is 0 Å². The summed E-state index contributed by atoms with van der Waals surface area (Å²) in [6.07, 6.45) is 19.8. The first-order valence-corrected chi connectivity index (χ1v) is 13.0. The van der Waals surface area contributed by atoms with Crippen molar-refractivity contribution in [1.82, 2.24) is 5.32 Å². The van der Waals surface area contributed by atoms with E-state index in [1.165, 1.54) is 64.5 Å². The molecule has 0 amide bonds. The molecule has 0 aromatic heterocycles. The molecule has 2 saturated carbocycles. The van der Waals surface area contributed by atoms with E-state index in [-0.39, 0.29) is 18.1 Å². The van der Waals surface area contributed by atoms with Crippen LogP contribution in [0.25, 0.3) is 0 Å². The molecule has 30 heavy (non-hydrogen) atoms. The minimum atomic E-state index is -0.339. The van der Waals surface area contributed by atoms with Crippen molar-refractivity contribution in [2.24, 2.45) is 17.8 Å². The van der Waals surface area contributed by atoms with E-state index in [1.54, 1.807) is 5.57 Å². The number of allylic oxidation sites excluding steroid dienone is 2. The van der Waals surface area contributed by atoms with Crippen LogP contribution in [0.5, 0.6) is 0 Å². The molecule has 3 nitrogen and oxygen atoms in total. The molecule has 2 fully saturated rings. The van der Waals surface area contributed by atoms with E-state index in [0.29, 0.717) is 11.8 Å². The van der Waals surface area contributed by atoms with Crippen LogP contribution in [0.3, 0.4) is 0 Å². The van der Waals surface area contributed by atoms with Gasteiger partial charge in [-0.1, -0.05) is 83.6 Å². The number of nitrogens with one attached hydrogen (secondary N) is 1. The van der Waals surface area contributed by atoms with E-state index in [9.17, 15) is 10.2 Å². The molecule has 0 radical (unpaired) electrons. The van der Waals surface area contributed by atoms with Gasteiger partial charge in [-0.05, 0) is 69.9 Å². The lowest BCUT2D eigenvalue weighted by Crippen LogP contribution is -2.17. The largest absolute Gasteiger partial charge is 0.392 e. The van der Waals surface area contributed by atoms with E-state index in [0.717, 1.165) is 25.7 Å². The zero-order valence-corrected chi connectivity index (χ0v) is 20.4. The minimum Gasteiger partial charge on any atom is -0.392 e. The Kier molecular flexibility index (Phi) is 15.5. The first-order valence-electron chi connectivity index (χ1n) is 13.0. The second kappa shape index (κ2) is 17.0. The third-order valence-corrected chi connectivity index (χ3v) is 6.61. The number of aliphatic hydroxyl groups is 2. The molecule has 0 saturated heterocycles. The summed E-state index contributed by atoms with van der Waals surface area (Å²) in [5.74, 6) is 1.50. The third kappa shape index (κ3) is 10.6. The molecule has 0 aromatic carbocycles. The highest BCUT2D eigenvalue weighted by molar-refractivity contribution is 5.17. The summed E-state index contributed by atoms with van der Waals surface area (Å²) in [7, 11) is 0. The highest BCUT2D eigenvalue weighted by atomic mass is 16.3. The number of hydrogen-bond donors (Lipinski definition) is 3. The number of unbranched alkanes of at least 4 members (excludes halogenated alkanes) is 4. The van der Waals surface area contributed by atoms with Crippen LogP contribution < -0.4 is 5.32 Å². The summed E-state index contributed by atoms with van der Waals surface area (Å²) in [5, 5.41) is 23.7. The maximum atomic E-state index is 10.4. The first kappa shape index (κ1) is 27.4. The number of hydrogen-bond acceptors (Lipinski definition) is 3. The van der Waals surface area contributed by atoms with Gasteiger partial charge in [0.1, 0.15) is 0 Å². The van der Waals surface area contributed by atoms with E-state index in [4.69, 9.17) is 0 Å². The topological polar surface area (TPSA) is 52.5 Å². The fraction of sp³-hybridized carbons (Fsp3) is 0.852. The Morgan fingerprint density at radius 3 is 2.30 bits per heavy atom. The van der Waals surface area contributed by atoms with Crippen molar-refractivity contribution < 1.29 is 10.2 Å². The standard InChI is InChI=1S/C21H36O2.C6H15N/c1-3-5-7-9-16-13-17-15-21(23)19(20(17)14-16)12-11-18(22)10-8-6-4-2;1-3-5-7-6-4-2/h9,11-12,17-23H,3-8,10,13-15H2,1-2H3;7H,3-6H2,1-2H3/t17-,18-,19+,20-,21+;/m0./s1. The van der Waals surface area contributed by atoms with Gasteiger partial charge in [0, 0.05) is 5.92 Å². The summed E-state index contributed by atoms with van der Waals surface area (Å²) in [4.78, 5) is 0. The zero-order chi connectivity index (χ0) is 22.2. The van der Waals surface area contributed by atoms with Crippen molar-refractivity contribution in [2.45, 2.75) is 117 Å². The Hall–Kier alpha value is -0.640. The zero-order valence-electron chi connectivity index (χ0n) is 20.4.